The number of hydrogen-bond acceptors (Lipinski definition) is 2. The maximum atomic E-state index is 5.92. The quantitative estimate of drug-likeness (QED) is 0.870. The summed E-state index contributed by atoms with van der Waals surface area (Å²) in [6.07, 6.45) is -0.322. The van der Waals surface area contributed by atoms with E-state index in [0.29, 0.717) is 15.8 Å². The maximum absolute atomic E-state index is 5.92. The monoisotopic (exact) mass is 293 g/mol. The Kier molecular flexibility index (Phi) is 4.16. The summed E-state index contributed by atoms with van der Waals surface area (Å²) in [5.41, 5.74) is 5.42. The molecule has 0 aliphatic heterocycles. The van der Waals surface area contributed by atoms with E-state index in [4.69, 9.17) is 34.3 Å². The summed E-state index contributed by atoms with van der Waals surface area (Å²) < 4.78 is 6.35. The van der Waals surface area contributed by atoms with Gasteiger partial charge in [0.2, 0.25) is 0 Å². The van der Waals surface area contributed by atoms with Gasteiger partial charge in [0, 0.05) is 4.47 Å². The molecule has 0 aliphatic carbocycles. The van der Waals surface area contributed by atoms with E-state index in [1.807, 2.05) is 6.07 Å². The van der Waals surface area contributed by atoms with Crippen LogP contribution in [0.4, 0.5) is 0 Å². The van der Waals surface area contributed by atoms with E-state index in [-0.39, 0.29) is 6.10 Å². The molecule has 0 spiro atoms. The van der Waals surface area contributed by atoms with Gasteiger partial charge in [0.05, 0.1) is 5.02 Å². The largest absolute Gasteiger partial charge is 0.482 e. The van der Waals surface area contributed by atoms with Gasteiger partial charge in [-0.25, -0.2) is 0 Å². The summed E-state index contributed by atoms with van der Waals surface area (Å²) in [6.45, 7) is 1.78. The number of rotatable bonds is 3. The second kappa shape index (κ2) is 4.96. The summed E-state index contributed by atoms with van der Waals surface area (Å²) in [4.78, 5) is 0.307. The highest BCUT2D eigenvalue weighted by molar-refractivity contribution is 9.10. The molecular formula is C9H9BrClNOS. The number of nitrogens with two attached hydrogens (primary N) is 1. The first-order valence-corrected chi connectivity index (χ1v) is 5.49. The predicted octanol–water partition coefficient (Wildman–Crippen LogP) is 3.16. The molecule has 0 heterocycles. The van der Waals surface area contributed by atoms with Crippen molar-refractivity contribution in [2.45, 2.75) is 13.0 Å². The van der Waals surface area contributed by atoms with Crippen LogP contribution in [-0.4, -0.2) is 11.1 Å². The van der Waals surface area contributed by atoms with Gasteiger partial charge >= 0.3 is 0 Å². The van der Waals surface area contributed by atoms with Crippen LogP contribution in [0.3, 0.4) is 0 Å². The lowest BCUT2D eigenvalue weighted by Crippen LogP contribution is -2.28. The lowest BCUT2D eigenvalue weighted by atomic mass is 10.3. The third-order valence-corrected chi connectivity index (χ3v) is 2.74. The molecule has 1 rings (SSSR count). The SMILES string of the molecule is CC(Oc1cc(Br)ccc1Cl)C(N)=S. The number of halogens is 2. The van der Waals surface area contributed by atoms with Crippen molar-refractivity contribution in [2.75, 3.05) is 0 Å². The van der Waals surface area contributed by atoms with Crippen molar-refractivity contribution >= 4 is 44.7 Å². The van der Waals surface area contributed by atoms with Gasteiger partial charge in [-0.3, -0.25) is 0 Å². The van der Waals surface area contributed by atoms with Crippen LogP contribution in [0, 0.1) is 0 Å². The Morgan fingerprint density at radius 2 is 2.29 bits per heavy atom. The molecule has 14 heavy (non-hydrogen) atoms. The van der Waals surface area contributed by atoms with Gasteiger partial charge in [0.15, 0.2) is 0 Å². The van der Waals surface area contributed by atoms with Gasteiger partial charge in [-0.15, -0.1) is 0 Å². The molecule has 1 aromatic carbocycles. The minimum absolute atomic E-state index is 0.307. The molecular weight excluding hydrogens is 286 g/mol. The smallest absolute Gasteiger partial charge is 0.145 e. The number of thiocarbonyl (C=S) groups is 1. The van der Waals surface area contributed by atoms with Gasteiger partial charge < -0.3 is 10.5 Å². The molecule has 0 aromatic heterocycles. The fraction of sp³-hybridized carbons (Fsp3) is 0.222. The Bertz CT molecular complexity index is 359. The number of ether oxygens (including phenoxy) is 1. The molecule has 0 saturated heterocycles. The Balaban J connectivity index is 2.85. The first kappa shape index (κ1) is 11.8. The molecule has 0 aliphatic rings. The first-order valence-electron chi connectivity index (χ1n) is 3.91. The maximum Gasteiger partial charge on any atom is 0.145 e. The Morgan fingerprint density at radius 3 is 2.86 bits per heavy atom. The summed E-state index contributed by atoms with van der Waals surface area (Å²) in [7, 11) is 0. The highest BCUT2D eigenvalue weighted by Gasteiger charge is 2.09. The fourth-order valence-electron chi connectivity index (χ4n) is 0.816. The fourth-order valence-corrected chi connectivity index (χ4v) is 1.37. The van der Waals surface area contributed by atoms with E-state index in [9.17, 15) is 0 Å². The molecule has 76 valence electrons. The van der Waals surface area contributed by atoms with Gasteiger partial charge in [-0.1, -0.05) is 39.7 Å². The van der Waals surface area contributed by atoms with Gasteiger partial charge in [0.25, 0.3) is 0 Å². The molecule has 2 nitrogen and oxygen atoms in total. The van der Waals surface area contributed by atoms with Crippen LogP contribution >= 0.6 is 39.7 Å². The van der Waals surface area contributed by atoms with Crippen molar-refractivity contribution in [1.29, 1.82) is 0 Å². The van der Waals surface area contributed by atoms with Crippen molar-refractivity contribution in [2.24, 2.45) is 5.73 Å². The lowest BCUT2D eigenvalue weighted by Gasteiger charge is -2.14. The van der Waals surface area contributed by atoms with E-state index in [0.717, 1.165) is 4.47 Å². The number of benzene rings is 1. The topological polar surface area (TPSA) is 35.2 Å². The Hall–Kier alpha value is -0.320. The van der Waals surface area contributed by atoms with E-state index in [1.54, 1.807) is 19.1 Å². The Labute approximate surface area is 102 Å². The molecule has 0 fully saturated rings. The first-order chi connectivity index (χ1) is 6.50. The average molecular weight is 295 g/mol. The molecule has 2 N–H and O–H groups in total. The average Bonchev–Trinajstić information content (AvgIpc) is 2.11. The van der Waals surface area contributed by atoms with Crippen LogP contribution in [0.5, 0.6) is 5.75 Å². The van der Waals surface area contributed by atoms with Gasteiger partial charge in [-0.05, 0) is 25.1 Å². The highest BCUT2D eigenvalue weighted by atomic mass is 79.9. The van der Waals surface area contributed by atoms with Crippen LogP contribution in [0.1, 0.15) is 6.92 Å². The second-order valence-corrected chi connectivity index (χ2v) is 4.53. The Morgan fingerprint density at radius 1 is 1.64 bits per heavy atom. The molecule has 1 atom stereocenters. The third-order valence-electron chi connectivity index (χ3n) is 1.60. The van der Waals surface area contributed by atoms with Crippen molar-refractivity contribution < 1.29 is 4.74 Å². The molecule has 0 bridgehead atoms. The van der Waals surface area contributed by atoms with Crippen LogP contribution in [0.25, 0.3) is 0 Å². The van der Waals surface area contributed by atoms with Crippen molar-refractivity contribution in [3.8, 4) is 5.75 Å². The van der Waals surface area contributed by atoms with E-state index in [2.05, 4.69) is 15.9 Å². The van der Waals surface area contributed by atoms with Crippen LogP contribution < -0.4 is 10.5 Å². The molecule has 0 saturated carbocycles. The van der Waals surface area contributed by atoms with Crippen molar-refractivity contribution in [3.05, 3.63) is 27.7 Å². The molecule has 1 unspecified atom stereocenters. The van der Waals surface area contributed by atoms with E-state index >= 15 is 0 Å². The van der Waals surface area contributed by atoms with Crippen LogP contribution in [0.15, 0.2) is 22.7 Å². The molecule has 0 amide bonds. The van der Waals surface area contributed by atoms with Crippen LogP contribution in [-0.2, 0) is 0 Å². The summed E-state index contributed by atoms with van der Waals surface area (Å²) in [5, 5.41) is 0.538. The van der Waals surface area contributed by atoms with Gasteiger partial charge in [0.1, 0.15) is 16.8 Å². The minimum Gasteiger partial charge on any atom is -0.482 e. The molecule has 1 aromatic rings. The van der Waals surface area contributed by atoms with Crippen molar-refractivity contribution in [3.63, 3.8) is 0 Å². The van der Waals surface area contributed by atoms with E-state index < -0.39 is 0 Å². The second-order valence-electron chi connectivity index (χ2n) is 2.74. The minimum atomic E-state index is -0.322. The zero-order valence-corrected chi connectivity index (χ0v) is 10.6. The number of hydrogen-bond donors (Lipinski definition) is 1. The molecule has 5 heteroatoms. The third kappa shape index (κ3) is 3.12. The zero-order valence-electron chi connectivity index (χ0n) is 7.46. The van der Waals surface area contributed by atoms with E-state index in [1.165, 1.54) is 0 Å². The normalized spacial score (nSPS) is 12.2. The van der Waals surface area contributed by atoms with Gasteiger partial charge in [-0.2, -0.15) is 0 Å². The highest BCUT2D eigenvalue weighted by Crippen LogP contribution is 2.28. The zero-order chi connectivity index (χ0) is 10.7. The molecule has 0 radical (unpaired) electrons. The van der Waals surface area contributed by atoms with Crippen molar-refractivity contribution in [1.82, 2.24) is 0 Å². The summed E-state index contributed by atoms with van der Waals surface area (Å²) >= 11 is 14.0. The summed E-state index contributed by atoms with van der Waals surface area (Å²) in [6, 6.07) is 5.35. The lowest BCUT2D eigenvalue weighted by molar-refractivity contribution is 0.288. The standard InChI is InChI=1S/C9H9BrClNOS/c1-5(9(12)14)13-8-4-6(10)2-3-7(8)11/h2-5H,1H3,(H2,12,14). The predicted molar refractivity (Wildman–Crippen MR) is 66.0 cm³/mol. The summed E-state index contributed by atoms with van der Waals surface area (Å²) in [5.74, 6) is 0.571. The van der Waals surface area contributed by atoms with Crippen LogP contribution in [0.2, 0.25) is 5.02 Å².